The van der Waals surface area contributed by atoms with Crippen LogP contribution in [0, 0.1) is 6.92 Å². The molecule has 0 aliphatic carbocycles. The molecular formula is C12H18O2S. The van der Waals surface area contributed by atoms with E-state index in [1.54, 1.807) is 11.3 Å². The molecule has 3 heteroatoms. The van der Waals surface area contributed by atoms with Gasteiger partial charge in [-0.2, -0.15) is 0 Å². The van der Waals surface area contributed by atoms with E-state index in [2.05, 4.69) is 18.4 Å². The third-order valence-electron chi connectivity index (χ3n) is 2.99. The summed E-state index contributed by atoms with van der Waals surface area (Å²) in [5.74, 6) is 0. The summed E-state index contributed by atoms with van der Waals surface area (Å²) in [6.07, 6.45) is 1.38. The van der Waals surface area contributed by atoms with Gasteiger partial charge in [-0.15, -0.1) is 11.3 Å². The minimum absolute atomic E-state index is 0.219. The van der Waals surface area contributed by atoms with Crippen LogP contribution in [0.25, 0.3) is 0 Å². The summed E-state index contributed by atoms with van der Waals surface area (Å²) in [5, 5.41) is 12.7. The zero-order valence-electron chi connectivity index (χ0n) is 9.54. The molecule has 1 aromatic rings. The Morgan fingerprint density at radius 2 is 2.20 bits per heavy atom. The highest BCUT2D eigenvalue weighted by Gasteiger charge is 2.40. The smallest absolute Gasteiger partial charge is 0.0953 e. The number of rotatable bonds is 1. The largest absolute Gasteiger partial charge is 0.385 e. The Morgan fingerprint density at radius 1 is 1.47 bits per heavy atom. The lowest BCUT2D eigenvalue weighted by Crippen LogP contribution is -2.43. The van der Waals surface area contributed by atoms with Crippen molar-refractivity contribution in [1.82, 2.24) is 0 Å². The average molecular weight is 226 g/mol. The molecule has 0 bridgehead atoms. The van der Waals surface area contributed by atoms with E-state index >= 15 is 0 Å². The van der Waals surface area contributed by atoms with E-state index in [0.717, 1.165) is 5.56 Å². The molecule has 1 aliphatic rings. The van der Waals surface area contributed by atoms with E-state index in [1.165, 1.54) is 4.88 Å². The Bertz CT molecular complexity index is 356. The molecule has 2 nitrogen and oxygen atoms in total. The molecule has 0 aromatic carbocycles. The molecule has 1 aliphatic heterocycles. The van der Waals surface area contributed by atoms with Crippen LogP contribution in [0.2, 0.25) is 0 Å². The molecule has 1 N–H and O–H groups in total. The second-order valence-electron chi connectivity index (χ2n) is 5.01. The first-order valence-corrected chi connectivity index (χ1v) is 6.21. The Hall–Kier alpha value is -0.380. The van der Waals surface area contributed by atoms with Crippen LogP contribution in [-0.2, 0) is 10.3 Å². The van der Waals surface area contributed by atoms with Crippen molar-refractivity contribution < 1.29 is 9.84 Å². The molecule has 0 spiro atoms. The van der Waals surface area contributed by atoms with Crippen molar-refractivity contribution in [3.05, 3.63) is 21.9 Å². The van der Waals surface area contributed by atoms with Gasteiger partial charge in [0.15, 0.2) is 0 Å². The van der Waals surface area contributed by atoms with E-state index < -0.39 is 5.60 Å². The maximum absolute atomic E-state index is 10.6. The number of ether oxygens (including phenoxy) is 1. The third-order valence-corrected chi connectivity index (χ3v) is 3.86. The topological polar surface area (TPSA) is 29.5 Å². The first-order valence-electron chi connectivity index (χ1n) is 5.33. The normalized spacial score (nSPS) is 30.4. The lowest BCUT2D eigenvalue weighted by Gasteiger charge is -2.41. The third kappa shape index (κ3) is 2.25. The summed E-state index contributed by atoms with van der Waals surface area (Å²) in [5.41, 5.74) is 0.149. The standard InChI is InChI=1S/C12H18O2S/c1-9-6-10(7-15-9)12(13)4-5-14-11(2,3)8-12/h6-7,13H,4-5,8H2,1-3H3. The minimum atomic E-state index is -0.688. The molecule has 0 amide bonds. The second kappa shape index (κ2) is 3.58. The van der Waals surface area contributed by atoms with Crippen LogP contribution in [0.1, 0.15) is 37.1 Å². The molecule has 2 rings (SSSR count). The fourth-order valence-corrected chi connectivity index (χ4v) is 3.07. The van der Waals surface area contributed by atoms with Gasteiger partial charge in [0.25, 0.3) is 0 Å². The molecular weight excluding hydrogens is 208 g/mol. The SMILES string of the molecule is Cc1cc(C2(O)CCOC(C)(C)C2)cs1. The fourth-order valence-electron chi connectivity index (χ4n) is 2.27. The van der Waals surface area contributed by atoms with Gasteiger partial charge in [0.1, 0.15) is 0 Å². The van der Waals surface area contributed by atoms with Crippen LogP contribution < -0.4 is 0 Å². The Balaban J connectivity index is 2.26. The number of thiophene rings is 1. The van der Waals surface area contributed by atoms with Crippen molar-refractivity contribution in [3.8, 4) is 0 Å². The molecule has 1 saturated heterocycles. The van der Waals surface area contributed by atoms with E-state index in [1.807, 2.05) is 13.8 Å². The van der Waals surface area contributed by atoms with Crippen LogP contribution >= 0.6 is 11.3 Å². The first-order chi connectivity index (χ1) is 6.91. The number of hydrogen-bond acceptors (Lipinski definition) is 3. The summed E-state index contributed by atoms with van der Waals surface area (Å²) >= 11 is 1.70. The Kier molecular flexibility index (Phi) is 2.65. The number of hydrogen-bond donors (Lipinski definition) is 1. The summed E-state index contributed by atoms with van der Waals surface area (Å²) < 4.78 is 5.63. The molecule has 1 aromatic heterocycles. The van der Waals surface area contributed by atoms with E-state index in [-0.39, 0.29) is 5.60 Å². The van der Waals surface area contributed by atoms with E-state index in [9.17, 15) is 5.11 Å². The van der Waals surface area contributed by atoms with Crippen LogP contribution in [0.4, 0.5) is 0 Å². The molecule has 1 fully saturated rings. The zero-order chi connectivity index (χ0) is 11.1. The summed E-state index contributed by atoms with van der Waals surface area (Å²) in [7, 11) is 0. The molecule has 2 heterocycles. The van der Waals surface area contributed by atoms with Crippen molar-refractivity contribution in [1.29, 1.82) is 0 Å². The fraction of sp³-hybridized carbons (Fsp3) is 0.667. The van der Waals surface area contributed by atoms with Crippen molar-refractivity contribution in [2.75, 3.05) is 6.61 Å². The van der Waals surface area contributed by atoms with Crippen LogP contribution in [0.3, 0.4) is 0 Å². The van der Waals surface area contributed by atoms with Crippen molar-refractivity contribution in [3.63, 3.8) is 0 Å². The Labute approximate surface area is 94.9 Å². The summed E-state index contributed by atoms with van der Waals surface area (Å²) in [6.45, 7) is 6.78. The van der Waals surface area contributed by atoms with Crippen LogP contribution in [-0.4, -0.2) is 17.3 Å². The summed E-state index contributed by atoms with van der Waals surface area (Å²) in [6, 6.07) is 2.09. The quantitative estimate of drug-likeness (QED) is 0.798. The minimum Gasteiger partial charge on any atom is -0.385 e. The lowest BCUT2D eigenvalue weighted by molar-refractivity contribution is -0.148. The average Bonchev–Trinajstić information content (AvgIpc) is 2.49. The van der Waals surface area contributed by atoms with Gasteiger partial charge in [0, 0.05) is 17.7 Å². The van der Waals surface area contributed by atoms with Crippen LogP contribution in [0.15, 0.2) is 11.4 Å². The molecule has 1 unspecified atom stereocenters. The molecule has 15 heavy (non-hydrogen) atoms. The van der Waals surface area contributed by atoms with Gasteiger partial charge in [-0.3, -0.25) is 0 Å². The van der Waals surface area contributed by atoms with Crippen molar-refractivity contribution >= 4 is 11.3 Å². The second-order valence-corrected chi connectivity index (χ2v) is 6.13. The maximum atomic E-state index is 10.6. The van der Waals surface area contributed by atoms with Gasteiger partial charge < -0.3 is 9.84 Å². The summed E-state index contributed by atoms with van der Waals surface area (Å²) in [4.78, 5) is 1.25. The molecule has 0 saturated carbocycles. The Morgan fingerprint density at radius 3 is 2.73 bits per heavy atom. The predicted molar refractivity (Wildman–Crippen MR) is 62.2 cm³/mol. The molecule has 84 valence electrons. The van der Waals surface area contributed by atoms with Gasteiger partial charge in [-0.1, -0.05) is 0 Å². The first kappa shape index (κ1) is 11.1. The van der Waals surface area contributed by atoms with E-state index in [0.29, 0.717) is 19.4 Å². The molecule has 0 radical (unpaired) electrons. The molecule has 1 atom stereocenters. The van der Waals surface area contributed by atoms with Gasteiger partial charge in [0.05, 0.1) is 17.8 Å². The van der Waals surface area contributed by atoms with Crippen molar-refractivity contribution in [2.45, 2.75) is 44.8 Å². The number of aryl methyl sites for hydroxylation is 1. The maximum Gasteiger partial charge on any atom is 0.0953 e. The predicted octanol–water partition coefficient (Wildman–Crippen LogP) is 2.83. The van der Waals surface area contributed by atoms with Gasteiger partial charge in [0.2, 0.25) is 0 Å². The van der Waals surface area contributed by atoms with Crippen LogP contribution in [0.5, 0.6) is 0 Å². The van der Waals surface area contributed by atoms with Gasteiger partial charge in [-0.25, -0.2) is 0 Å². The van der Waals surface area contributed by atoms with E-state index in [4.69, 9.17) is 4.74 Å². The highest BCUT2D eigenvalue weighted by Crippen LogP contribution is 2.40. The highest BCUT2D eigenvalue weighted by molar-refractivity contribution is 7.10. The highest BCUT2D eigenvalue weighted by atomic mass is 32.1. The zero-order valence-corrected chi connectivity index (χ0v) is 10.4. The van der Waals surface area contributed by atoms with Crippen molar-refractivity contribution in [2.24, 2.45) is 0 Å². The lowest BCUT2D eigenvalue weighted by atomic mass is 9.80. The van der Waals surface area contributed by atoms with Gasteiger partial charge in [-0.05, 0) is 37.8 Å². The monoisotopic (exact) mass is 226 g/mol. The van der Waals surface area contributed by atoms with Gasteiger partial charge >= 0.3 is 0 Å². The number of aliphatic hydroxyl groups is 1.